The van der Waals surface area contributed by atoms with Gasteiger partial charge in [-0.1, -0.05) is 289 Å². The molecule has 2 aliphatic rings. The molecule has 0 atom stereocenters. The molecular formula is C91H81BN6. The van der Waals surface area contributed by atoms with Crippen LogP contribution >= 0.6 is 0 Å². The van der Waals surface area contributed by atoms with E-state index in [1.165, 1.54) is 4.57 Å². The maximum Gasteiger partial charge on any atom is 0.252 e. The maximum atomic E-state index is 9.81. The molecule has 4 heterocycles. The third-order valence-corrected chi connectivity index (χ3v) is 19.1. The van der Waals surface area contributed by atoms with E-state index in [-0.39, 0.29) is 49.7 Å². The summed E-state index contributed by atoms with van der Waals surface area (Å²) in [6, 6.07) is 45.1. The Bertz CT molecular complexity index is 6290. The van der Waals surface area contributed by atoms with Gasteiger partial charge in [0.25, 0.3) is 6.71 Å². The Labute approximate surface area is 603 Å². The van der Waals surface area contributed by atoms with Gasteiger partial charge in [0.05, 0.1) is 47.1 Å². The molecule has 0 amide bonds. The fraction of sp³-hybridized carbons (Fsp3) is 0.176. The molecule has 0 aliphatic carbocycles. The summed E-state index contributed by atoms with van der Waals surface area (Å²) in [5, 5.41) is -0.245. The van der Waals surface area contributed by atoms with Crippen molar-refractivity contribution in [2.45, 2.75) is 105 Å². The molecule has 98 heavy (non-hydrogen) atoms. The molecule has 14 aromatic rings. The van der Waals surface area contributed by atoms with Crippen LogP contribution in [0, 0.1) is 0 Å². The summed E-state index contributed by atoms with van der Waals surface area (Å²) in [6.45, 7) is 25.0. The Balaban J connectivity index is 1.12. The molecule has 0 saturated heterocycles. The van der Waals surface area contributed by atoms with Crippen LogP contribution in [0.15, 0.2) is 273 Å². The van der Waals surface area contributed by atoms with Gasteiger partial charge in [0.1, 0.15) is 0 Å². The van der Waals surface area contributed by atoms with Gasteiger partial charge in [-0.05, 0) is 149 Å². The fourth-order valence-corrected chi connectivity index (χ4v) is 13.9. The molecule has 0 spiro atoms. The molecular weight excluding hydrogens is 1190 g/mol. The van der Waals surface area contributed by atoms with E-state index in [1.54, 1.807) is 0 Å². The minimum absolute atomic E-state index is 0.110. The number of aromatic nitrogens is 4. The van der Waals surface area contributed by atoms with Gasteiger partial charge in [-0.25, -0.2) is 15.0 Å². The highest BCUT2D eigenvalue weighted by Crippen LogP contribution is 2.54. The molecule has 478 valence electrons. The first-order valence-electron chi connectivity index (χ1n) is 42.1. The highest BCUT2D eigenvalue weighted by atomic mass is 15.2. The predicted octanol–water partition coefficient (Wildman–Crippen LogP) is 22.2. The van der Waals surface area contributed by atoms with Gasteiger partial charge in [0, 0.05) is 67.0 Å². The third kappa shape index (κ3) is 10.8. The van der Waals surface area contributed by atoms with E-state index >= 15 is 0 Å². The van der Waals surface area contributed by atoms with Crippen molar-refractivity contribution in [3.05, 3.63) is 295 Å². The third-order valence-electron chi connectivity index (χ3n) is 19.1. The number of para-hydroxylation sites is 2. The quantitative estimate of drug-likeness (QED) is 0.135. The Morgan fingerprint density at radius 2 is 0.765 bits per heavy atom. The summed E-state index contributed by atoms with van der Waals surface area (Å²) in [7, 11) is 0. The molecule has 16 rings (SSSR count). The summed E-state index contributed by atoms with van der Waals surface area (Å²) in [5.41, 5.74) is 13.2. The van der Waals surface area contributed by atoms with E-state index in [0.29, 0.717) is 22.5 Å². The van der Waals surface area contributed by atoms with Crippen LogP contribution in [0.5, 0.6) is 0 Å². The highest BCUT2D eigenvalue weighted by molar-refractivity contribution is 7.00. The number of nitrogens with zero attached hydrogens (tertiary/aromatic N) is 6. The number of anilines is 6. The summed E-state index contributed by atoms with van der Waals surface area (Å²) in [6.07, 6.45) is 0. The minimum atomic E-state index is -0.713. The van der Waals surface area contributed by atoms with Crippen molar-refractivity contribution in [3.63, 3.8) is 0 Å². The Kier molecular flexibility index (Phi) is 10.7. The van der Waals surface area contributed by atoms with Crippen LogP contribution in [0.3, 0.4) is 0 Å². The fourth-order valence-electron chi connectivity index (χ4n) is 13.9. The molecule has 0 radical (unpaired) electrons. The zero-order valence-corrected chi connectivity index (χ0v) is 56.8. The lowest BCUT2D eigenvalue weighted by Gasteiger charge is -2.46. The van der Waals surface area contributed by atoms with Gasteiger partial charge in [0.2, 0.25) is 0 Å². The Morgan fingerprint density at radius 3 is 1.32 bits per heavy atom. The molecule has 0 saturated carbocycles. The van der Waals surface area contributed by atoms with Gasteiger partial charge in [-0.15, -0.1) is 0 Å². The zero-order valence-electron chi connectivity index (χ0n) is 74.8. The van der Waals surface area contributed by atoms with Crippen LogP contribution < -0.4 is 26.2 Å². The minimum Gasteiger partial charge on any atom is -0.311 e. The number of rotatable bonds is 9. The van der Waals surface area contributed by atoms with Crippen LogP contribution in [-0.2, 0) is 21.7 Å². The van der Waals surface area contributed by atoms with Crippen molar-refractivity contribution in [2.75, 3.05) is 9.80 Å². The first kappa shape index (κ1) is 44.8. The van der Waals surface area contributed by atoms with Crippen LogP contribution in [-0.4, -0.2) is 26.2 Å². The van der Waals surface area contributed by atoms with Gasteiger partial charge < -0.3 is 14.4 Å². The first-order chi connectivity index (χ1) is 54.6. The maximum absolute atomic E-state index is 9.81. The highest BCUT2D eigenvalue weighted by Gasteiger charge is 2.46. The number of hydrogen-bond donors (Lipinski definition) is 0. The van der Waals surface area contributed by atoms with Gasteiger partial charge in [-0.3, -0.25) is 0 Å². The first-order valence-corrected chi connectivity index (χ1v) is 33.1. The molecule has 0 bridgehead atoms. The molecule has 0 unspecified atom stereocenters. The van der Waals surface area contributed by atoms with Gasteiger partial charge >= 0.3 is 0 Å². The summed E-state index contributed by atoms with van der Waals surface area (Å²) < 4.78 is 168. The van der Waals surface area contributed by atoms with Crippen molar-refractivity contribution >= 4 is 79.0 Å². The van der Waals surface area contributed by atoms with Crippen molar-refractivity contribution in [3.8, 4) is 73.2 Å². The number of hydrogen-bond acceptors (Lipinski definition) is 5. The van der Waals surface area contributed by atoms with Crippen molar-refractivity contribution in [1.82, 2.24) is 19.5 Å². The van der Waals surface area contributed by atoms with E-state index in [1.807, 2.05) is 69.3 Å². The van der Waals surface area contributed by atoms with Crippen LogP contribution in [0.25, 0.3) is 95.0 Å². The van der Waals surface area contributed by atoms with Crippen LogP contribution in [0.2, 0.25) is 0 Å². The van der Waals surface area contributed by atoms with E-state index in [4.69, 9.17) is 25.9 Å². The SMILES string of the molecule is [2H]c1c([2H])c([2H])c(-c2nc(-c3cc(C(C)(C)C)ccc3N3c4cc(-n5c6c([2H])c([2H])c([2H])c([2H])c6c6c([2H])c([2H])c([2H])c([2H])c65)ccc4B4c5ccc(-c6cccc(C(C)(C)C)c6)cc5N(c5c(-c6ccccc6)cc(C(C)(C)C)cc5-c5ccccc5)c5cc(C(C)(C)C)cc3c54)nc(-c3c([2H])c([2H])c([2H])c([2H])c3[2H])n2)c([2H])c1[2H]. The summed E-state index contributed by atoms with van der Waals surface area (Å²) >= 11 is 0. The average molecular weight is 1290 g/mol. The standard InChI is InChI=1S/C91H81BN6/c1-88(2,3)64-39-29-38-62(50-64)63-44-47-74-79(51-63)98(84-71(58-30-17-13-18-31-58)53-66(90(7,8)9)54-72(84)59-32-19-14-20-33-59)82-56-67(91(10,11)12)55-81-83(82)92(74)75-48-46-68(96-76-42-27-25-40-69(76)70-41-26-28-43-77(70)96)57-80(75)97(81)78-49-45-65(89(4,5)6)52-73(78)87-94-85(60-34-21-15-22-35-60)93-86(95-87)61-36-23-16-24-37-61/h13-57H,1-12H3/i15D,16D,21D,22D,23D,24D,25D,26D,27D,28D,34D,35D,36D,37D,40D,41D,42D,43D. The second-order valence-corrected chi connectivity index (χ2v) is 29.6. The molecule has 7 heteroatoms. The number of fused-ring (bicyclic) bond motifs is 7. The smallest absolute Gasteiger partial charge is 0.252 e. The number of benzene rings is 12. The van der Waals surface area contributed by atoms with E-state index in [2.05, 4.69) is 187 Å². The normalized spacial score (nSPS) is 15.6. The lowest BCUT2D eigenvalue weighted by Crippen LogP contribution is -2.61. The van der Waals surface area contributed by atoms with Crippen molar-refractivity contribution in [1.29, 1.82) is 0 Å². The van der Waals surface area contributed by atoms with Crippen LogP contribution in [0.4, 0.5) is 34.1 Å². The van der Waals surface area contributed by atoms with Gasteiger partial charge in [-0.2, -0.15) is 0 Å². The summed E-state index contributed by atoms with van der Waals surface area (Å²) in [4.78, 5) is 19.6. The molecule has 12 aromatic carbocycles. The monoisotopic (exact) mass is 1290 g/mol. The topological polar surface area (TPSA) is 50.1 Å². The lowest BCUT2D eigenvalue weighted by atomic mass is 9.33. The molecule has 2 aliphatic heterocycles. The zero-order chi connectivity index (χ0) is 83.2. The lowest BCUT2D eigenvalue weighted by molar-refractivity contribution is 0.590. The van der Waals surface area contributed by atoms with Gasteiger partial charge in [0.15, 0.2) is 17.5 Å². The Hall–Kier alpha value is -10.9. The second-order valence-electron chi connectivity index (χ2n) is 29.6. The van der Waals surface area contributed by atoms with E-state index in [9.17, 15) is 13.7 Å². The summed E-state index contributed by atoms with van der Waals surface area (Å²) in [5.74, 6) is -1.17. The van der Waals surface area contributed by atoms with Crippen molar-refractivity contribution < 1.29 is 24.7 Å². The molecule has 2 aromatic heterocycles. The second kappa shape index (κ2) is 23.4. The predicted molar refractivity (Wildman–Crippen MR) is 416 cm³/mol. The molecule has 6 nitrogen and oxygen atoms in total. The average Bonchev–Trinajstić information content (AvgIpc) is 0.967. The largest absolute Gasteiger partial charge is 0.311 e. The van der Waals surface area contributed by atoms with Crippen molar-refractivity contribution in [2.24, 2.45) is 0 Å². The van der Waals surface area contributed by atoms with Crippen LogP contribution in [0.1, 0.15) is 130 Å². The van der Waals surface area contributed by atoms with E-state index < -0.39 is 149 Å². The molecule has 0 fully saturated rings. The van der Waals surface area contributed by atoms with E-state index in [0.717, 1.165) is 83.6 Å². The Morgan fingerprint density at radius 1 is 0.316 bits per heavy atom. The molecule has 0 N–H and O–H groups in total.